The zero-order valence-corrected chi connectivity index (χ0v) is 16.6. The molecule has 0 bridgehead atoms. The van der Waals surface area contributed by atoms with Crippen molar-refractivity contribution in [3.63, 3.8) is 0 Å². The lowest BCUT2D eigenvalue weighted by Gasteiger charge is -2.30. The molecule has 29 heavy (non-hydrogen) atoms. The molecule has 0 N–H and O–H groups in total. The number of ether oxygens (including phenoxy) is 1. The Morgan fingerprint density at radius 1 is 1.00 bits per heavy atom. The summed E-state index contributed by atoms with van der Waals surface area (Å²) in [7, 11) is 1.71. The van der Waals surface area contributed by atoms with Gasteiger partial charge in [-0.2, -0.15) is 5.26 Å². The van der Waals surface area contributed by atoms with E-state index in [0.717, 1.165) is 54.2 Å². The van der Waals surface area contributed by atoms with E-state index in [0.29, 0.717) is 0 Å². The van der Waals surface area contributed by atoms with Crippen LogP contribution in [0.25, 0.3) is 22.4 Å². The number of hydrogen-bond donors (Lipinski definition) is 0. The first kappa shape index (κ1) is 17.8. The zero-order chi connectivity index (χ0) is 19.8. The van der Waals surface area contributed by atoms with Crippen molar-refractivity contribution in [2.24, 2.45) is 0 Å². The summed E-state index contributed by atoms with van der Waals surface area (Å²) in [6, 6.07) is 16.9. The third-order valence-electron chi connectivity index (χ3n) is 6.13. The monoisotopic (exact) mass is 381 g/mol. The zero-order valence-electron chi connectivity index (χ0n) is 16.6. The van der Waals surface area contributed by atoms with Crippen LogP contribution in [-0.4, -0.2) is 25.2 Å². The summed E-state index contributed by atoms with van der Waals surface area (Å²) in [5.41, 5.74) is 8.77. The van der Waals surface area contributed by atoms with E-state index < -0.39 is 0 Å². The van der Waals surface area contributed by atoms with Gasteiger partial charge < -0.3 is 9.64 Å². The van der Waals surface area contributed by atoms with E-state index >= 15 is 0 Å². The lowest BCUT2D eigenvalue weighted by Crippen LogP contribution is -2.23. The van der Waals surface area contributed by atoms with Gasteiger partial charge in [-0.05, 0) is 78.3 Å². The Labute approximate surface area is 171 Å². The summed E-state index contributed by atoms with van der Waals surface area (Å²) in [6.07, 6.45) is 6.07. The van der Waals surface area contributed by atoms with Gasteiger partial charge >= 0.3 is 0 Å². The molecule has 1 fully saturated rings. The Hall–Kier alpha value is -3.32. The van der Waals surface area contributed by atoms with Crippen molar-refractivity contribution >= 4 is 5.69 Å². The van der Waals surface area contributed by atoms with Gasteiger partial charge in [-0.15, -0.1) is 0 Å². The van der Waals surface area contributed by atoms with Crippen molar-refractivity contribution in [1.29, 1.82) is 5.26 Å². The predicted octanol–water partition coefficient (Wildman–Crippen LogP) is 4.99. The molecule has 0 spiro atoms. The Morgan fingerprint density at radius 2 is 1.86 bits per heavy atom. The van der Waals surface area contributed by atoms with Crippen molar-refractivity contribution in [3.05, 3.63) is 65.4 Å². The van der Waals surface area contributed by atoms with Crippen LogP contribution >= 0.6 is 0 Å². The van der Waals surface area contributed by atoms with Gasteiger partial charge in [0.15, 0.2) is 0 Å². The number of benzene rings is 2. The van der Waals surface area contributed by atoms with E-state index in [9.17, 15) is 5.26 Å². The minimum absolute atomic E-state index is 0.765. The number of rotatable bonds is 3. The van der Waals surface area contributed by atoms with Crippen LogP contribution in [-0.2, 0) is 12.8 Å². The maximum absolute atomic E-state index is 10.2. The molecule has 1 saturated heterocycles. The molecule has 5 rings (SSSR count). The highest BCUT2D eigenvalue weighted by atomic mass is 16.5. The normalized spacial score (nSPS) is 14.8. The molecule has 1 aliphatic carbocycles. The number of methoxy groups -OCH3 is 1. The van der Waals surface area contributed by atoms with Crippen LogP contribution in [0.15, 0.2) is 48.7 Å². The number of aryl methyl sites for hydroxylation is 1. The van der Waals surface area contributed by atoms with Crippen molar-refractivity contribution in [3.8, 4) is 34.2 Å². The molecule has 4 heteroatoms. The summed E-state index contributed by atoms with van der Waals surface area (Å²) in [6.45, 7) is 2.03. The second-order valence-corrected chi connectivity index (χ2v) is 7.72. The van der Waals surface area contributed by atoms with Crippen molar-refractivity contribution in [1.82, 2.24) is 4.98 Å². The highest BCUT2D eigenvalue weighted by molar-refractivity contribution is 5.89. The van der Waals surface area contributed by atoms with Crippen LogP contribution in [0.5, 0.6) is 5.75 Å². The number of fused-ring (bicyclic) bond motifs is 3. The molecular weight excluding hydrogens is 358 g/mol. The molecule has 0 atom stereocenters. The number of hydrogen-bond acceptors (Lipinski definition) is 4. The van der Waals surface area contributed by atoms with Crippen molar-refractivity contribution < 1.29 is 4.74 Å². The van der Waals surface area contributed by atoms with Gasteiger partial charge in [-0.1, -0.05) is 12.1 Å². The van der Waals surface area contributed by atoms with E-state index in [1.807, 2.05) is 24.3 Å². The van der Waals surface area contributed by atoms with Gasteiger partial charge in [0.05, 0.1) is 24.1 Å². The number of anilines is 1. The third kappa shape index (κ3) is 2.94. The Morgan fingerprint density at radius 3 is 2.59 bits per heavy atom. The summed E-state index contributed by atoms with van der Waals surface area (Å²) in [5.74, 6) is 0.894. The Balaban J connectivity index is 1.80. The van der Waals surface area contributed by atoms with Gasteiger partial charge in [0, 0.05) is 24.8 Å². The van der Waals surface area contributed by atoms with E-state index in [-0.39, 0.29) is 0 Å². The van der Waals surface area contributed by atoms with Crippen LogP contribution in [0.4, 0.5) is 5.69 Å². The van der Waals surface area contributed by atoms with Gasteiger partial charge in [0.1, 0.15) is 11.8 Å². The molecule has 2 aliphatic rings. The van der Waals surface area contributed by atoms with Crippen LogP contribution in [0, 0.1) is 11.3 Å². The van der Waals surface area contributed by atoms with Gasteiger partial charge in [-0.3, -0.25) is 4.98 Å². The first-order valence-electron chi connectivity index (χ1n) is 10.2. The molecule has 0 unspecified atom stereocenters. The molecule has 3 aromatic rings. The predicted molar refractivity (Wildman–Crippen MR) is 115 cm³/mol. The molecular formula is C25H23N3O. The van der Waals surface area contributed by atoms with Crippen molar-refractivity contribution in [2.45, 2.75) is 25.7 Å². The number of nitrogens with zero attached hydrogens (tertiary/aromatic N) is 3. The van der Waals surface area contributed by atoms with Crippen molar-refractivity contribution in [2.75, 3.05) is 25.1 Å². The Kier molecular flexibility index (Phi) is 4.44. The lowest BCUT2D eigenvalue weighted by molar-refractivity contribution is 0.414. The average Bonchev–Trinajstić information content (AvgIpc) is 3.32. The first-order valence-corrected chi connectivity index (χ1v) is 10.2. The summed E-state index contributed by atoms with van der Waals surface area (Å²) >= 11 is 0. The Bertz CT molecular complexity index is 1110. The number of nitriles is 1. The minimum atomic E-state index is 0.765. The quantitative estimate of drug-likeness (QED) is 0.641. The molecule has 0 saturated carbocycles. The van der Waals surface area contributed by atoms with Gasteiger partial charge in [-0.25, -0.2) is 0 Å². The van der Waals surface area contributed by atoms with E-state index in [4.69, 9.17) is 4.74 Å². The fourth-order valence-corrected chi connectivity index (χ4v) is 4.76. The number of aromatic nitrogens is 1. The molecule has 4 nitrogen and oxygen atoms in total. The smallest absolute Gasteiger partial charge is 0.119 e. The first-order chi connectivity index (χ1) is 14.3. The second kappa shape index (κ2) is 7.25. The van der Waals surface area contributed by atoms with Crippen LogP contribution < -0.4 is 9.64 Å². The third-order valence-corrected chi connectivity index (χ3v) is 6.13. The van der Waals surface area contributed by atoms with E-state index in [1.165, 1.54) is 35.1 Å². The fraction of sp³-hybridized carbons (Fsp3) is 0.280. The van der Waals surface area contributed by atoms with E-state index in [1.54, 1.807) is 13.3 Å². The summed E-state index contributed by atoms with van der Waals surface area (Å²) in [4.78, 5) is 6.98. The molecule has 0 amide bonds. The summed E-state index contributed by atoms with van der Waals surface area (Å²) < 4.78 is 5.44. The lowest BCUT2D eigenvalue weighted by atomic mass is 9.81. The average molecular weight is 381 g/mol. The molecule has 1 aromatic heterocycles. The minimum Gasteiger partial charge on any atom is -0.497 e. The van der Waals surface area contributed by atoms with Crippen LogP contribution in [0.3, 0.4) is 0 Å². The van der Waals surface area contributed by atoms with Crippen LogP contribution in [0.2, 0.25) is 0 Å². The second-order valence-electron chi connectivity index (χ2n) is 7.72. The van der Waals surface area contributed by atoms with Gasteiger partial charge in [0.2, 0.25) is 0 Å². The van der Waals surface area contributed by atoms with Gasteiger partial charge in [0.25, 0.3) is 0 Å². The maximum atomic E-state index is 10.2. The van der Waals surface area contributed by atoms with Crippen LogP contribution in [0.1, 0.15) is 29.5 Å². The number of pyridine rings is 1. The molecule has 2 aromatic carbocycles. The highest BCUT2D eigenvalue weighted by Crippen LogP contribution is 2.45. The SMILES string of the molecule is COc1ccc2c(c1)CCc1c-2cc(-c2ccccn2)c(C#N)c1N1CCCC1. The molecule has 144 valence electrons. The largest absolute Gasteiger partial charge is 0.497 e. The van der Waals surface area contributed by atoms with E-state index in [2.05, 4.69) is 34.2 Å². The maximum Gasteiger partial charge on any atom is 0.119 e. The molecule has 0 radical (unpaired) electrons. The topological polar surface area (TPSA) is 49.1 Å². The standard InChI is InChI=1S/C25H23N3O/c1-29-18-8-10-19-17(14-18)7-9-20-21(19)15-22(24-6-2-3-11-27-24)23(16-26)25(20)28-12-4-5-13-28/h2-3,6,8,10-11,14-15H,4-5,7,9,12-13H2,1H3. The summed E-state index contributed by atoms with van der Waals surface area (Å²) in [5, 5.41) is 10.2. The fourth-order valence-electron chi connectivity index (χ4n) is 4.76. The highest BCUT2D eigenvalue weighted by Gasteiger charge is 2.28. The molecule has 1 aliphatic heterocycles. The molecule has 2 heterocycles.